The van der Waals surface area contributed by atoms with Gasteiger partial charge < -0.3 is 25.3 Å². The normalized spacial score (nSPS) is 16.2. The van der Waals surface area contributed by atoms with Crippen LogP contribution in [0.15, 0.2) is 42.5 Å². The molecule has 2 aromatic carbocycles. The molecule has 0 aromatic heterocycles. The van der Waals surface area contributed by atoms with Gasteiger partial charge >= 0.3 is 0 Å². The number of carbonyl (C=O) groups excluding carboxylic acids is 2. The molecule has 1 atom stereocenters. The molecule has 1 heterocycles. The van der Waals surface area contributed by atoms with E-state index in [2.05, 4.69) is 34.5 Å². The number of likely N-dealkylation sites (tertiary alicyclic amines) is 1. The Morgan fingerprint density at radius 2 is 1.81 bits per heavy atom. The molecule has 0 bridgehead atoms. The van der Waals surface area contributed by atoms with Crippen LogP contribution in [0.5, 0.6) is 17.2 Å². The van der Waals surface area contributed by atoms with Crippen molar-refractivity contribution in [3.05, 3.63) is 53.6 Å². The summed E-state index contributed by atoms with van der Waals surface area (Å²) in [5.41, 5.74) is 6.84. The highest BCUT2D eigenvalue weighted by atomic mass is 16.5. The van der Waals surface area contributed by atoms with Gasteiger partial charge in [-0.2, -0.15) is 0 Å². The van der Waals surface area contributed by atoms with E-state index in [4.69, 9.17) is 19.9 Å². The number of hydrogen-bond donors (Lipinski definition) is 2. The van der Waals surface area contributed by atoms with E-state index in [1.165, 1.54) is 19.8 Å². The van der Waals surface area contributed by atoms with Crippen LogP contribution in [0.2, 0.25) is 0 Å². The van der Waals surface area contributed by atoms with Crippen LogP contribution in [0.25, 0.3) is 0 Å². The fourth-order valence-corrected chi connectivity index (χ4v) is 3.94. The minimum absolute atomic E-state index is 0.219. The molecule has 2 amide bonds. The van der Waals surface area contributed by atoms with Crippen molar-refractivity contribution in [3.8, 4) is 17.2 Å². The van der Waals surface area contributed by atoms with Crippen LogP contribution in [-0.2, 0) is 11.3 Å². The second-order valence-corrected chi connectivity index (χ2v) is 7.90. The van der Waals surface area contributed by atoms with Crippen LogP contribution in [-0.4, -0.2) is 57.2 Å². The highest BCUT2D eigenvalue weighted by Crippen LogP contribution is 2.38. The fourth-order valence-electron chi connectivity index (χ4n) is 3.94. The lowest BCUT2D eigenvalue weighted by Gasteiger charge is -2.32. The zero-order valence-corrected chi connectivity index (χ0v) is 18.6. The molecule has 3 N–H and O–H groups in total. The van der Waals surface area contributed by atoms with Gasteiger partial charge in [-0.15, -0.1) is 0 Å². The number of methoxy groups -OCH3 is 2. The van der Waals surface area contributed by atoms with Crippen LogP contribution < -0.4 is 25.3 Å². The second kappa shape index (κ2) is 11.4. The van der Waals surface area contributed by atoms with E-state index < -0.39 is 5.91 Å². The molecule has 3 rings (SSSR count). The van der Waals surface area contributed by atoms with Gasteiger partial charge in [-0.25, -0.2) is 0 Å². The number of primary amides is 1. The summed E-state index contributed by atoms with van der Waals surface area (Å²) in [5.74, 6) is 0.366. The SMILES string of the molecule is COc1cc(C(=O)NCC2CCCN(Cc3ccccc3)C2)cc(OC)c1OCC(N)=O. The minimum atomic E-state index is -0.621. The number of carbonyl (C=O) groups is 2. The average molecular weight is 442 g/mol. The van der Waals surface area contributed by atoms with Crippen molar-refractivity contribution in [2.75, 3.05) is 40.5 Å². The van der Waals surface area contributed by atoms with Crippen LogP contribution in [0.4, 0.5) is 0 Å². The van der Waals surface area contributed by atoms with E-state index in [0.717, 1.165) is 32.5 Å². The molecule has 2 aromatic rings. The number of nitrogens with one attached hydrogen (secondary N) is 1. The molecule has 0 spiro atoms. The second-order valence-electron chi connectivity index (χ2n) is 7.90. The van der Waals surface area contributed by atoms with Gasteiger partial charge in [0.25, 0.3) is 11.8 Å². The van der Waals surface area contributed by atoms with Crippen LogP contribution in [0, 0.1) is 5.92 Å². The van der Waals surface area contributed by atoms with Gasteiger partial charge in [0.1, 0.15) is 0 Å². The number of nitrogens with zero attached hydrogens (tertiary/aromatic N) is 1. The van der Waals surface area contributed by atoms with Crippen molar-refractivity contribution < 1.29 is 23.8 Å². The zero-order valence-electron chi connectivity index (χ0n) is 18.6. The van der Waals surface area contributed by atoms with Gasteiger partial charge in [0, 0.05) is 25.2 Å². The summed E-state index contributed by atoms with van der Waals surface area (Å²) in [7, 11) is 2.91. The lowest BCUT2D eigenvalue weighted by atomic mass is 9.97. The summed E-state index contributed by atoms with van der Waals surface area (Å²) in [6.07, 6.45) is 2.19. The van der Waals surface area contributed by atoms with Gasteiger partial charge in [0.2, 0.25) is 5.75 Å². The van der Waals surface area contributed by atoms with Crippen LogP contribution >= 0.6 is 0 Å². The molecule has 0 radical (unpaired) electrons. The van der Waals surface area contributed by atoms with Gasteiger partial charge in [-0.1, -0.05) is 30.3 Å². The zero-order chi connectivity index (χ0) is 22.9. The van der Waals surface area contributed by atoms with Gasteiger partial charge in [0.15, 0.2) is 18.1 Å². The Kier molecular flexibility index (Phi) is 8.33. The summed E-state index contributed by atoms with van der Waals surface area (Å²) < 4.78 is 16.1. The van der Waals surface area contributed by atoms with E-state index in [1.807, 2.05) is 6.07 Å². The first-order valence-electron chi connectivity index (χ1n) is 10.7. The molecule has 1 aliphatic rings. The predicted octanol–water partition coefficient (Wildman–Crippen LogP) is 2.21. The molecule has 1 aliphatic heterocycles. The van der Waals surface area contributed by atoms with Crippen LogP contribution in [0.3, 0.4) is 0 Å². The summed E-state index contributed by atoms with van der Waals surface area (Å²) in [5, 5.41) is 3.03. The third-order valence-electron chi connectivity index (χ3n) is 5.48. The molecule has 0 saturated carbocycles. The summed E-state index contributed by atoms with van der Waals surface area (Å²) in [4.78, 5) is 26.3. The molecule has 1 saturated heterocycles. The Balaban J connectivity index is 1.60. The number of amides is 2. The van der Waals surface area contributed by atoms with Crippen molar-refractivity contribution >= 4 is 11.8 Å². The topological polar surface area (TPSA) is 103 Å². The van der Waals surface area contributed by atoms with Crippen molar-refractivity contribution in [1.82, 2.24) is 10.2 Å². The van der Waals surface area contributed by atoms with E-state index in [1.54, 1.807) is 12.1 Å². The first-order chi connectivity index (χ1) is 15.5. The third-order valence-corrected chi connectivity index (χ3v) is 5.48. The highest BCUT2D eigenvalue weighted by Gasteiger charge is 2.22. The molecule has 1 unspecified atom stereocenters. The summed E-state index contributed by atoms with van der Waals surface area (Å²) in [6.45, 7) is 3.21. The molecule has 172 valence electrons. The summed E-state index contributed by atoms with van der Waals surface area (Å²) >= 11 is 0. The van der Waals surface area contributed by atoms with Gasteiger partial charge in [-0.05, 0) is 43.0 Å². The Bertz CT molecular complexity index is 894. The molecule has 32 heavy (non-hydrogen) atoms. The maximum atomic E-state index is 12.8. The largest absolute Gasteiger partial charge is 0.493 e. The fraction of sp³-hybridized carbons (Fsp3) is 0.417. The Hall–Kier alpha value is -3.26. The predicted molar refractivity (Wildman–Crippen MR) is 121 cm³/mol. The Morgan fingerprint density at radius 3 is 2.44 bits per heavy atom. The first-order valence-corrected chi connectivity index (χ1v) is 10.7. The van der Waals surface area contributed by atoms with Crippen molar-refractivity contribution in [2.24, 2.45) is 11.7 Å². The van der Waals surface area contributed by atoms with Gasteiger partial charge in [0.05, 0.1) is 14.2 Å². The molecule has 8 heteroatoms. The Morgan fingerprint density at radius 1 is 1.12 bits per heavy atom. The molecular formula is C24H31N3O5. The van der Waals surface area contributed by atoms with Gasteiger partial charge in [-0.3, -0.25) is 14.5 Å². The quantitative estimate of drug-likeness (QED) is 0.586. The number of ether oxygens (including phenoxy) is 3. The minimum Gasteiger partial charge on any atom is -0.493 e. The van der Waals surface area contributed by atoms with Crippen molar-refractivity contribution in [1.29, 1.82) is 0 Å². The monoisotopic (exact) mass is 441 g/mol. The van der Waals surface area contributed by atoms with E-state index in [9.17, 15) is 9.59 Å². The first kappa shape index (κ1) is 23.4. The molecule has 0 aliphatic carbocycles. The number of nitrogens with two attached hydrogens (primary N) is 1. The molecule has 8 nitrogen and oxygen atoms in total. The van der Waals surface area contributed by atoms with Crippen molar-refractivity contribution in [3.63, 3.8) is 0 Å². The maximum absolute atomic E-state index is 12.8. The van der Waals surface area contributed by atoms with Crippen LogP contribution in [0.1, 0.15) is 28.8 Å². The number of rotatable bonds is 10. The number of benzene rings is 2. The smallest absolute Gasteiger partial charge is 0.255 e. The van der Waals surface area contributed by atoms with E-state index in [-0.39, 0.29) is 18.3 Å². The highest BCUT2D eigenvalue weighted by molar-refractivity contribution is 5.95. The van der Waals surface area contributed by atoms with E-state index in [0.29, 0.717) is 29.5 Å². The lowest BCUT2D eigenvalue weighted by Crippen LogP contribution is -2.40. The Labute approximate surface area is 188 Å². The van der Waals surface area contributed by atoms with E-state index >= 15 is 0 Å². The molecule has 1 fully saturated rings. The van der Waals surface area contributed by atoms with Crippen molar-refractivity contribution in [2.45, 2.75) is 19.4 Å². The maximum Gasteiger partial charge on any atom is 0.255 e. The summed E-state index contributed by atoms with van der Waals surface area (Å²) in [6, 6.07) is 13.6. The average Bonchev–Trinajstić information content (AvgIpc) is 2.81. The third kappa shape index (κ3) is 6.37. The number of hydrogen-bond acceptors (Lipinski definition) is 6. The standard InChI is InChI=1S/C24H31N3O5/c1-30-20-11-19(12-21(31-2)23(20)32-16-22(25)28)24(29)26-13-18-9-6-10-27(15-18)14-17-7-4-3-5-8-17/h3-5,7-8,11-12,18H,6,9-10,13-16H2,1-2H3,(H2,25,28)(H,26,29). The number of piperidine rings is 1. The molecular weight excluding hydrogens is 410 g/mol. The lowest BCUT2D eigenvalue weighted by molar-refractivity contribution is -0.120.